The second kappa shape index (κ2) is 12.2. The molecule has 0 N–H and O–H groups in total. The van der Waals surface area contributed by atoms with Crippen LogP contribution in [0.25, 0.3) is 0 Å². The molecule has 0 amide bonds. The Morgan fingerprint density at radius 2 is 1.03 bits per heavy atom. The fourth-order valence-electron chi connectivity index (χ4n) is 5.34. The van der Waals surface area contributed by atoms with Gasteiger partial charge in [-0.25, -0.2) is 0 Å². The van der Waals surface area contributed by atoms with Crippen LogP contribution in [0.5, 0.6) is 0 Å². The van der Waals surface area contributed by atoms with Crippen LogP contribution in [0.1, 0.15) is 101 Å². The summed E-state index contributed by atoms with van der Waals surface area (Å²) >= 11 is 3.16. The number of hydrogen-bond donors (Lipinski definition) is 0. The van der Waals surface area contributed by atoms with Gasteiger partial charge in [-0.1, -0.05) is 0 Å². The van der Waals surface area contributed by atoms with Gasteiger partial charge in [0.15, 0.2) is 0 Å². The fraction of sp³-hybridized carbons (Fsp3) is 0.438. The molecular weight excluding hydrogens is 639 g/mol. The van der Waals surface area contributed by atoms with Crippen LogP contribution in [0, 0.1) is 0 Å². The maximum atomic E-state index is 7.64. The zero-order chi connectivity index (χ0) is 28.6. The Balaban J connectivity index is 2.13. The van der Waals surface area contributed by atoms with Gasteiger partial charge in [-0.2, -0.15) is 0 Å². The number of benzene rings is 2. The van der Waals surface area contributed by atoms with Gasteiger partial charge in [0.1, 0.15) is 0 Å². The average Bonchev–Trinajstić information content (AvgIpc) is 3.33. The first-order valence-electron chi connectivity index (χ1n) is 13.7. The monoisotopic (exact) mass is 678 g/mol. The molecule has 1 aromatic heterocycles. The van der Waals surface area contributed by atoms with Crippen molar-refractivity contribution in [3.05, 3.63) is 82.0 Å². The predicted octanol–water partition coefficient (Wildman–Crippen LogP) is 9.43. The molecule has 0 bridgehead atoms. The van der Waals surface area contributed by atoms with Crippen molar-refractivity contribution in [1.29, 1.82) is 0 Å². The maximum absolute atomic E-state index is 7.64. The molecular formula is C32H41Cl3N3Pd. The third-order valence-corrected chi connectivity index (χ3v) is 13.6. The number of aromatic nitrogens is 1. The molecule has 2 aromatic carbocycles. The van der Waals surface area contributed by atoms with Crippen LogP contribution >= 0.6 is 30.7 Å². The van der Waals surface area contributed by atoms with Crippen molar-refractivity contribution in [2.75, 3.05) is 22.9 Å². The number of nitrogens with zero attached hydrogens (tertiary/aromatic N) is 3. The number of halogens is 3. The topological polar surface area (TPSA) is 19.4 Å². The summed E-state index contributed by atoms with van der Waals surface area (Å²) in [4.78, 5) is 9.50. The molecule has 3 nitrogen and oxygen atoms in total. The van der Waals surface area contributed by atoms with E-state index in [2.05, 4.69) is 107 Å². The third kappa shape index (κ3) is 5.84. The van der Waals surface area contributed by atoms with Gasteiger partial charge in [0, 0.05) is 0 Å². The van der Waals surface area contributed by atoms with Crippen LogP contribution < -0.4 is 14.0 Å². The Labute approximate surface area is 251 Å². The van der Waals surface area contributed by atoms with E-state index in [1.54, 1.807) is 6.20 Å². The van der Waals surface area contributed by atoms with Gasteiger partial charge in [-0.15, -0.1) is 0 Å². The SMILES string of the molecule is CC(C)c1cccc(C(C)C)c1N1CCN(c2c(C(C)C)cccc2C(C)C)[C]1=[Pd]([Cl])([Cl])[c]1ncccc1Cl. The summed E-state index contributed by atoms with van der Waals surface area (Å²) in [5.41, 5.74) is 7.65. The summed E-state index contributed by atoms with van der Waals surface area (Å²) in [6.45, 7) is 19.6. The van der Waals surface area contributed by atoms with Crippen molar-refractivity contribution in [2.24, 2.45) is 0 Å². The van der Waals surface area contributed by atoms with E-state index in [1.807, 2.05) is 12.1 Å². The van der Waals surface area contributed by atoms with Crippen LogP contribution in [-0.2, 0) is 13.0 Å². The van der Waals surface area contributed by atoms with Crippen LogP contribution in [0.4, 0.5) is 11.4 Å². The molecule has 1 aliphatic heterocycles. The third-order valence-electron chi connectivity index (χ3n) is 7.24. The first kappa shape index (κ1) is 30.5. The van der Waals surface area contributed by atoms with Gasteiger partial charge in [0.2, 0.25) is 0 Å². The van der Waals surface area contributed by atoms with Crippen LogP contribution in [0.2, 0.25) is 5.02 Å². The minimum absolute atomic E-state index is 0.338. The fourth-order valence-corrected chi connectivity index (χ4v) is 12.1. The van der Waals surface area contributed by atoms with E-state index >= 15 is 0 Å². The van der Waals surface area contributed by atoms with E-state index in [4.69, 9.17) is 30.7 Å². The molecule has 0 radical (unpaired) electrons. The molecule has 39 heavy (non-hydrogen) atoms. The number of para-hydroxylation sites is 2. The average molecular weight is 680 g/mol. The Morgan fingerprint density at radius 1 is 0.641 bits per heavy atom. The van der Waals surface area contributed by atoms with Gasteiger partial charge in [-0.3, -0.25) is 0 Å². The van der Waals surface area contributed by atoms with Crippen LogP contribution in [0.3, 0.4) is 0 Å². The summed E-state index contributed by atoms with van der Waals surface area (Å²) in [7, 11) is 15.3. The summed E-state index contributed by atoms with van der Waals surface area (Å²) in [6, 6.07) is 17.0. The molecule has 7 heteroatoms. The van der Waals surface area contributed by atoms with Crippen molar-refractivity contribution in [1.82, 2.24) is 4.98 Å². The summed E-state index contributed by atoms with van der Waals surface area (Å²) < 4.78 is 1.54. The first-order valence-corrected chi connectivity index (χ1v) is 19.7. The van der Waals surface area contributed by atoms with E-state index < -0.39 is 13.0 Å². The van der Waals surface area contributed by atoms with E-state index in [1.165, 1.54) is 33.6 Å². The van der Waals surface area contributed by atoms with Gasteiger partial charge in [-0.05, 0) is 0 Å². The number of rotatable bonds is 7. The quantitative estimate of drug-likeness (QED) is 0.232. The van der Waals surface area contributed by atoms with Crippen molar-refractivity contribution >= 4 is 50.4 Å². The molecule has 1 saturated heterocycles. The normalized spacial score (nSPS) is 15.0. The first-order chi connectivity index (χ1) is 18.4. The second-order valence-corrected chi connectivity index (χ2v) is 19.9. The Kier molecular flexibility index (Phi) is 9.57. The number of anilines is 2. The molecule has 215 valence electrons. The van der Waals surface area contributed by atoms with E-state index in [-0.39, 0.29) is 0 Å². The van der Waals surface area contributed by atoms with Crippen LogP contribution in [-0.4, -0.2) is 22.3 Å². The Hall–Kier alpha value is -1.41. The predicted molar refractivity (Wildman–Crippen MR) is 170 cm³/mol. The van der Waals surface area contributed by atoms with E-state index in [0.717, 1.165) is 17.3 Å². The number of hydrogen-bond acceptors (Lipinski definition) is 3. The molecule has 0 spiro atoms. The molecule has 1 fully saturated rings. The van der Waals surface area contributed by atoms with Gasteiger partial charge < -0.3 is 0 Å². The zero-order valence-electron chi connectivity index (χ0n) is 24.2. The molecule has 1 aliphatic rings. The molecule has 0 atom stereocenters. The Morgan fingerprint density at radius 3 is 1.36 bits per heavy atom. The standard InChI is InChI=1S/C27H38N2.C5H3ClN.2ClH.Pd/c1-18(2)22-11-9-12-23(19(3)4)26(22)28-15-16-29(17-28)27-24(20(5)6)13-10-14-25(27)21(7)8;6-5-2-1-3-7-4-5;;;/h9-14,18-21H,15-16H2,1-8H3;1-3H;2*1H;/q;;;;+2/p-2. The zero-order valence-corrected chi connectivity index (χ0v) is 28.0. The summed E-state index contributed by atoms with van der Waals surface area (Å²) in [5, 5.41) is 0.515. The molecule has 0 saturated carbocycles. The van der Waals surface area contributed by atoms with Crippen molar-refractivity contribution in [3.8, 4) is 0 Å². The Bertz CT molecular complexity index is 1270. The molecule has 3 aromatic rings. The van der Waals surface area contributed by atoms with Gasteiger partial charge in [0.05, 0.1) is 0 Å². The molecule has 0 unspecified atom stereocenters. The van der Waals surface area contributed by atoms with Gasteiger partial charge >= 0.3 is 252 Å². The second-order valence-electron chi connectivity index (χ2n) is 11.3. The number of pyridine rings is 1. The summed E-state index contributed by atoms with van der Waals surface area (Å²) in [5.74, 6) is 1.35. The molecule has 4 rings (SSSR count). The van der Waals surface area contributed by atoms with Crippen molar-refractivity contribution < 1.29 is 13.0 Å². The van der Waals surface area contributed by atoms with E-state index in [9.17, 15) is 0 Å². The van der Waals surface area contributed by atoms with Crippen LogP contribution in [0.15, 0.2) is 54.7 Å². The summed E-state index contributed by atoms with van der Waals surface area (Å²) in [6.07, 6.45) is 1.74. The minimum atomic E-state index is -3.60. The van der Waals surface area contributed by atoms with Crippen molar-refractivity contribution in [3.63, 3.8) is 0 Å². The molecule has 0 aliphatic carbocycles. The van der Waals surface area contributed by atoms with Gasteiger partial charge in [0.25, 0.3) is 0 Å². The molecule has 2 heterocycles. The van der Waals surface area contributed by atoms with Crippen molar-refractivity contribution in [2.45, 2.75) is 79.1 Å². The van der Waals surface area contributed by atoms with E-state index in [0.29, 0.717) is 32.9 Å².